The molecule has 0 radical (unpaired) electrons. The maximum atomic E-state index is 4.38. The molecule has 2 aromatic heterocycles. The van der Waals surface area contributed by atoms with Crippen molar-refractivity contribution in [2.75, 3.05) is 0 Å². The fraction of sp³-hybridized carbons (Fsp3) is 0.333. The van der Waals surface area contributed by atoms with Gasteiger partial charge in [-0.1, -0.05) is 0 Å². The SMILES string of the molecule is Cc1nc(C)c2c(Br)cn(C)c2n1. The molecule has 2 heterocycles. The Labute approximate surface area is 84.9 Å². The molecule has 0 saturated carbocycles. The molecule has 0 aliphatic rings. The summed E-state index contributed by atoms with van der Waals surface area (Å²) in [4.78, 5) is 8.70. The van der Waals surface area contributed by atoms with Gasteiger partial charge in [0.05, 0.1) is 11.1 Å². The summed E-state index contributed by atoms with van der Waals surface area (Å²) in [7, 11) is 1.99. The quantitative estimate of drug-likeness (QED) is 0.707. The molecular formula is C9H10BrN3. The number of aromatic nitrogens is 3. The number of halogens is 1. The van der Waals surface area contributed by atoms with Gasteiger partial charge < -0.3 is 4.57 Å². The van der Waals surface area contributed by atoms with E-state index in [-0.39, 0.29) is 0 Å². The summed E-state index contributed by atoms with van der Waals surface area (Å²) in [6, 6.07) is 0. The summed E-state index contributed by atoms with van der Waals surface area (Å²) in [5.74, 6) is 0.818. The van der Waals surface area contributed by atoms with E-state index in [1.807, 2.05) is 31.7 Å². The first-order valence-electron chi connectivity index (χ1n) is 4.05. The fourth-order valence-electron chi connectivity index (χ4n) is 1.53. The lowest BCUT2D eigenvalue weighted by atomic mass is 10.3. The van der Waals surface area contributed by atoms with Crippen molar-refractivity contribution in [1.82, 2.24) is 14.5 Å². The summed E-state index contributed by atoms with van der Waals surface area (Å²) in [5.41, 5.74) is 2.01. The normalized spacial score (nSPS) is 11.1. The van der Waals surface area contributed by atoms with E-state index in [1.54, 1.807) is 0 Å². The molecule has 0 aliphatic heterocycles. The summed E-state index contributed by atoms with van der Waals surface area (Å²) in [6.07, 6.45) is 2.01. The topological polar surface area (TPSA) is 30.7 Å². The molecule has 4 heteroatoms. The largest absolute Gasteiger partial charge is 0.334 e. The maximum Gasteiger partial charge on any atom is 0.144 e. The number of rotatable bonds is 0. The highest BCUT2D eigenvalue weighted by Gasteiger charge is 2.09. The smallest absolute Gasteiger partial charge is 0.144 e. The van der Waals surface area contributed by atoms with Crippen LogP contribution < -0.4 is 0 Å². The lowest BCUT2D eigenvalue weighted by Gasteiger charge is -1.99. The van der Waals surface area contributed by atoms with E-state index in [0.29, 0.717) is 0 Å². The van der Waals surface area contributed by atoms with Crippen LogP contribution in [-0.2, 0) is 7.05 Å². The number of nitrogens with zero attached hydrogens (tertiary/aromatic N) is 3. The molecule has 0 saturated heterocycles. The maximum absolute atomic E-state index is 4.38. The van der Waals surface area contributed by atoms with E-state index in [4.69, 9.17) is 0 Å². The van der Waals surface area contributed by atoms with Crippen molar-refractivity contribution in [3.63, 3.8) is 0 Å². The number of aryl methyl sites for hydroxylation is 3. The van der Waals surface area contributed by atoms with Crippen LogP contribution >= 0.6 is 15.9 Å². The molecule has 0 aromatic carbocycles. The van der Waals surface area contributed by atoms with Crippen molar-refractivity contribution in [2.45, 2.75) is 13.8 Å². The van der Waals surface area contributed by atoms with Gasteiger partial charge in [0.15, 0.2) is 0 Å². The molecule has 0 amide bonds. The van der Waals surface area contributed by atoms with Crippen LogP contribution in [0.25, 0.3) is 11.0 Å². The highest BCUT2D eigenvalue weighted by Crippen LogP contribution is 2.26. The van der Waals surface area contributed by atoms with Crippen LogP contribution in [-0.4, -0.2) is 14.5 Å². The highest BCUT2D eigenvalue weighted by molar-refractivity contribution is 9.10. The molecule has 0 aliphatic carbocycles. The van der Waals surface area contributed by atoms with Gasteiger partial charge in [0, 0.05) is 17.7 Å². The van der Waals surface area contributed by atoms with E-state index in [9.17, 15) is 0 Å². The molecule has 0 fully saturated rings. The van der Waals surface area contributed by atoms with E-state index in [2.05, 4.69) is 25.9 Å². The van der Waals surface area contributed by atoms with E-state index in [1.165, 1.54) is 0 Å². The number of hydrogen-bond donors (Lipinski definition) is 0. The first kappa shape index (κ1) is 8.69. The third kappa shape index (κ3) is 1.25. The third-order valence-electron chi connectivity index (χ3n) is 2.06. The zero-order chi connectivity index (χ0) is 9.59. The van der Waals surface area contributed by atoms with Gasteiger partial charge in [-0.3, -0.25) is 0 Å². The number of hydrogen-bond acceptors (Lipinski definition) is 2. The summed E-state index contributed by atoms with van der Waals surface area (Å²) >= 11 is 3.49. The molecule has 2 rings (SSSR count). The third-order valence-corrected chi connectivity index (χ3v) is 2.66. The standard InChI is InChI=1S/C9H10BrN3/c1-5-8-7(10)4-13(3)9(8)12-6(2)11-5/h4H,1-3H3. The van der Waals surface area contributed by atoms with Gasteiger partial charge in [-0.15, -0.1) is 0 Å². The van der Waals surface area contributed by atoms with Gasteiger partial charge in [-0.05, 0) is 29.8 Å². The minimum Gasteiger partial charge on any atom is -0.334 e. The molecule has 2 aromatic rings. The Balaban J connectivity index is 2.97. The van der Waals surface area contributed by atoms with Crippen LogP contribution in [0.4, 0.5) is 0 Å². The Hall–Kier alpha value is -0.900. The molecule has 0 atom stereocenters. The minimum atomic E-state index is 0.818. The van der Waals surface area contributed by atoms with Gasteiger partial charge in [0.25, 0.3) is 0 Å². The first-order chi connectivity index (χ1) is 6.09. The predicted molar refractivity (Wildman–Crippen MR) is 55.7 cm³/mol. The van der Waals surface area contributed by atoms with Gasteiger partial charge in [0.1, 0.15) is 11.5 Å². The van der Waals surface area contributed by atoms with Gasteiger partial charge >= 0.3 is 0 Å². The first-order valence-corrected chi connectivity index (χ1v) is 4.84. The van der Waals surface area contributed by atoms with Crippen molar-refractivity contribution in [1.29, 1.82) is 0 Å². The molecule has 68 valence electrons. The van der Waals surface area contributed by atoms with E-state index >= 15 is 0 Å². The van der Waals surface area contributed by atoms with Crippen LogP contribution in [0.5, 0.6) is 0 Å². The van der Waals surface area contributed by atoms with E-state index < -0.39 is 0 Å². The van der Waals surface area contributed by atoms with Gasteiger partial charge in [0.2, 0.25) is 0 Å². The highest BCUT2D eigenvalue weighted by atomic mass is 79.9. The zero-order valence-corrected chi connectivity index (χ0v) is 9.38. The minimum absolute atomic E-state index is 0.818. The van der Waals surface area contributed by atoms with Crippen LogP contribution in [0.2, 0.25) is 0 Å². The van der Waals surface area contributed by atoms with Crippen molar-refractivity contribution in [3.8, 4) is 0 Å². The van der Waals surface area contributed by atoms with Crippen molar-refractivity contribution < 1.29 is 0 Å². The average molecular weight is 240 g/mol. The number of fused-ring (bicyclic) bond motifs is 1. The second-order valence-electron chi connectivity index (χ2n) is 3.14. The molecule has 0 bridgehead atoms. The van der Waals surface area contributed by atoms with Crippen molar-refractivity contribution >= 4 is 27.0 Å². The molecule has 13 heavy (non-hydrogen) atoms. The molecular weight excluding hydrogens is 230 g/mol. The Morgan fingerprint density at radius 3 is 2.69 bits per heavy atom. The summed E-state index contributed by atoms with van der Waals surface area (Å²) < 4.78 is 3.06. The molecule has 0 spiro atoms. The van der Waals surface area contributed by atoms with Gasteiger partial charge in [-0.2, -0.15) is 0 Å². The Morgan fingerprint density at radius 2 is 2.00 bits per heavy atom. The van der Waals surface area contributed by atoms with Crippen LogP contribution in [0, 0.1) is 13.8 Å². The molecule has 0 unspecified atom stereocenters. The lowest BCUT2D eigenvalue weighted by molar-refractivity contribution is 0.926. The monoisotopic (exact) mass is 239 g/mol. The predicted octanol–water partition coefficient (Wildman–Crippen LogP) is 2.35. The van der Waals surface area contributed by atoms with Crippen molar-refractivity contribution in [3.05, 3.63) is 22.2 Å². The summed E-state index contributed by atoms with van der Waals surface area (Å²) in [5, 5.41) is 1.10. The molecule has 0 N–H and O–H groups in total. The van der Waals surface area contributed by atoms with Crippen molar-refractivity contribution in [2.24, 2.45) is 7.05 Å². The van der Waals surface area contributed by atoms with Crippen LogP contribution in [0.1, 0.15) is 11.5 Å². The Kier molecular flexibility index (Phi) is 1.87. The summed E-state index contributed by atoms with van der Waals surface area (Å²) in [6.45, 7) is 3.91. The fourth-order valence-corrected chi connectivity index (χ4v) is 2.30. The second-order valence-corrected chi connectivity index (χ2v) is 4.00. The van der Waals surface area contributed by atoms with E-state index in [0.717, 1.165) is 27.0 Å². The van der Waals surface area contributed by atoms with Crippen LogP contribution in [0.3, 0.4) is 0 Å². The average Bonchev–Trinajstić information content (AvgIpc) is 2.27. The van der Waals surface area contributed by atoms with Gasteiger partial charge in [-0.25, -0.2) is 9.97 Å². The Morgan fingerprint density at radius 1 is 1.31 bits per heavy atom. The Bertz CT molecular complexity index is 473. The van der Waals surface area contributed by atoms with Crippen LogP contribution in [0.15, 0.2) is 10.7 Å². The second kappa shape index (κ2) is 2.80. The zero-order valence-electron chi connectivity index (χ0n) is 7.80. The lowest BCUT2D eigenvalue weighted by Crippen LogP contribution is -1.95. The molecule has 3 nitrogen and oxygen atoms in total.